The van der Waals surface area contributed by atoms with Gasteiger partial charge in [0.05, 0.1) is 11.3 Å². The van der Waals surface area contributed by atoms with Gasteiger partial charge < -0.3 is 14.3 Å². The highest BCUT2D eigenvalue weighted by molar-refractivity contribution is 5.85. The quantitative estimate of drug-likeness (QED) is 0.414. The third-order valence-corrected chi connectivity index (χ3v) is 8.63. The molecule has 0 aromatic heterocycles. The standard InChI is InChI=1S/C20H22O5/c1-18(8-21)5-4-10-11-12(18)16(22)24-13(11)14-15-19(2,17(23)25-14)6-3-9-7-20(9,10)15/h4,8-9,11-15H,3,5-7H2,1-2H3/t9-,11?,12?,13-,14+,15-,18+,19-,20+/m0/s1. The van der Waals surface area contributed by atoms with Crippen LogP contribution in [0.5, 0.6) is 0 Å². The smallest absolute Gasteiger partial charge is 0.312 e. The first-order valence-electron chi connectivity index (χ1n) is 9.45. The van der Waals surface area contributed by atoms with Crippen LogP contribution in [0, 0.1) is 39.9 Å². The van der Waals surface area contributed by atoms with Crippen LogP contribution in [0.2, 0.25) is 0 Å². The van der Waals surface area contributed by atoms with Crippen molar-refractivity contribution in [3.8, 4) is 0 Å². The van der Waals surface area contributed by atoms with Gasteiger partial charge in [-0.05, 0) is 38.5 Å². The number of allylic oxidation sites excluding steroid dienone is 1. The molecule has 0 radical (unpaired) electrons. The lowest BCUT2D eigenvalue weighted by Gasteiger charge is -2.51. The summed E-state index contributed by atoms with van der Waals surface area (Å²) in [5, 5.41) is 0. The van der Waals surface area contributed by atoms with Gasteiger partial charge in [-0.2, -0.15) is 0 Å². The second-order valence-electron chi connectivity index (χ2n) is 9.64. The van der Waals surface area contributed by atoms with Crippen molar-refractivity contribution in [2.45, 2.75) is 51.7 Å². The van der Waals surface area contributed by atoms with Crippen LogP contribution in [-0.2, 0) is 23.9 Å². The zero-order valence-electron chi connectivity index (χ0n) is 14.5. The molecule has 5 nitrogen and oxygen atoms in total. The number of aldehydes is 1. The SMILES string of the molecule is C[C@]1(C=O)CC=C2C3C1C(=O)O[C@@H]3[C@H]1OC(=O)[C@@]3(C)CC[C@H]4C[C@]24[C@@H]13. The minimum absolute atomic E-state index is 0.00143. The van der Waals surface area contributed by atoms with Crippen LogP contribution < -0.4 is 0 Å². The molecule has 1 spiro atoms. The van der Waals surface area contributed by atoms with Gasteiger partial charge in [-0.15, -0.1) is 0 Å². The maximum Gasteiger partial charge on any atom is 0.312 e. The first-order valence-corrected chi connectivity index (χ1v) is 9.45. The van der Waals surface area contributed by atoms with E-state index in [1.54, 1.807) is 0 Å². The molecule has 2 heterocycles. The van der Waals surface area contributed by atoms with E-state index in [0.717, 1.165) is 25.5 Å². The molecule has 0 N–H and O–H groups in total. The van der Waals surface area contributed by atoms with E-state index in [9.17, 15) is 14.4 Å². The first kappa shape index (κ1) is 14.5. The maximum absolute atomic E-state index is 12.7. The molecule has 0 aromatic carbocycles. The van der Waals surface area contributed by atoms with Crippen molar-refractivity contribution in [1.29, 1.82) is 0 Å². The Balaban J connectivity index is 1.58. The van der Waals surface area contributed by atoms with Crippen LogP contribution in [0.4, 0.5) is 0 Å². The monoisotopic (exact) mass is 342 g/mol. The molecule has 2 aliphatic heterocycles. The molecule has 4 aliphatic carbocycles. The fraction of sp³-hybridized carbons (Fsp3) is 0.750. The lowest BCUT2D eigenvalue weighted by molar-refractivity contribution is -0.159. The van der Waals surface area contributed by atoms with Crippen molar-refractivity contribution in [3.05, 3.63) is 11.6 Å². The van der Waals surface area contributed by atoms with E-state index in [4.69, 9.17) is 9.47 Å². The Morgan fingerprint density at radius 1 is 1.20 bits per heavy atom. The number of rotatable bonds is 1. The molecule has 2 unspecified atom stereocenters. The van der Waals surface area contributed by atoms with E-state index in [2.05, 4.69) is 6.08 Å². The Labute approximate surface area is 146 Å². The van der Waals surface area contributed by atoms with E-state index in [1.165, 1.54) is 5.57 Å². The highest BCUT2D eigenvalue weighted by atomic mass is 16.6. The maximum atomic E-state index is 12.7. The number of hydrogen-bond acceptors (Lipinski definition) is 5. The minimum Gasteiger partial charge on any atom is -0.458 e. The van der Waals surface area contributed by atoms with Crippen molar-refractivity contribution < 1.29 is 23.9 Å². The van der Waals surface area contributed by atoms with Gasteiger partial charge >= 0.3 is 11.9 Å². The summed E-state index contributed by atoms with van der Waals surface area (Å²) in [7, 11) is 0. The lowest BCUT2D eigenvalue weighted by Crippen LogP contribution is -2.56. The topological polar surface area (TPSA) is 69.7 Å². The number of carbonyl (C=O) groups is 3. The van der Waals surface area contributed by atoms with E-state index >= 15 is 0 Å². The van der Waals surface area contributed by atoms with Crippen LogP contribution >= 0.6 is 0 Å². The van der Waals surface area contributed by atoms with Crippen LogP contribution in [-0.4, -0.2) is 30.4 Å². The normalized spacial score (nSPS) is 59.8. The molecule has 0 bridgehead atoms. The van der Waals surface area contributed by atoms with Gasteiger partial charge in [0.15, 0.2) is 0 Å². The van der Waals surface area contributed by atoms with Crippen LogP contribution in [0.1, 0.15) is 39.5 Å². The number of fused-ring (bicyclic) bond motifs is 1. The molecule has 2 saturated heterocycles. The van der Waals surface area contributed by atoms with Crippen molar-refractivity contribution in [2.24, 2.45) is 39.9 Å². The molecule has 6 aliphatic rings. The fourth-order valence-electron chi connectivity index (χ4n) is 7.43. The molecule has 0 amide bonds. The summed E-state index contributed by atoms with van der Waals surface area (Å²) in [4.78, 5) is 37.3. The van der Waals surface area contributed by atoms with Crippen LogP contribution in [0.25, 0.3) is 0 Å². The Morgan fingerprint density at radius 2 is 2.00 bits per heavy atom. The van der Waals surface area contributed by atoms with E-state index < -0.39 is 22.9 Å². The summed E-state index contributed by atoms with van der Waals surface area (Å²) in [5.74, 6) is -0.233. The fourth-order valence-corrected chi connectivity index (χ4v) is 7.43. The van der Waals surface area contributed by atoms with Gasteiger partial charge in [-0.3, -0.25) is 9.59 Å². The average molecular weight is 342 g/mol. The third kappa shape index (κ3) is 1.30. The van der Waals surface area contributed by atoms with Gasteiger partial charge in [-0.25, -0.2) is 0 Å². The van der Waals surface area contributed by atoms with E-state index in [-0.39, 0.29) is 35.3 Å². The first-order chi connectivity index (χ1) is 11.9. The number of esters is 2. The molecular formula is C20H22O5. The summed E-state index contributed by atoms with van der Waals surface area (Å²) in [6, 6.07) is 0. The molecule has 25 heavy (non-hydrogen) atoms. The Hall–Kier alpha value is -1.65. The molecular weight excluding hydrogens is 320 g/mol. The summed E-state index contributed by atoms with van der Waals surface area (Å²) >= 11 is 0. The van der Waals surface area contributed by atoms with Gasteiger partial charge in [0.2, 0.25) is 0 Å². The molecule has 0 aromatic rings. The van der Waals surface area contributed by atoms with Crippen molar-refractivity contribution in [2.75, 3.05) is 0 Å². The molecule has 5 fully saturated rings. The highest BCUT2D eigenvalue weighted by Gasteiger charge is 2.81. The van der Waals surface area contributed by atoms with Gasteiger partial charge in [-0.1, -0.05) is 18.6 Å². The second-order valence-corrected chi connectivity index (χ2v) is 9.64. The van der Waals surface area contributed by atoms with Crippen LogP contribution in [0.15, 0.2) is 11.6 Å². The zero-order valence-corrected chi connectivity index (χ0v) is 14.5. The number of carbonyl (C=O) groups excluding carboxylic acids is 3. The van der Waals surface area contributed by atoms with Gasteiger partial charge in [0.25, 0.3) is 0 Å². The predicted octanol–water partition coefficient (Wildman–Crippen LogP) is 2.04. The Kier molecular flexibility index (Phi) is 2.24. The van der Waals surface area contributed by atoms with E-state index in [1.807, 2.05) is 13.8 Å². The molecule has 132 valence electrons. The molecule has 9 atom stereocenters. The zero-order chi connectivity index (χ0) is 17.4. The van der Waals surface area contributed by atoms with Crippen molar-refractivity contribution >= 4 is 18.2 Å². The Morgan fingerprint density at radius 3 is 2.76 bits per heavy atom. The van der Waals surface area contributed by atoms with Crippen LogP contribution in [0.3, 0.4) is 0 Å². The highest BCUT2D eigenvalue weighted by Crippen LogP contribution is 2.80. The molecule has 6 rings (SSSR count). The lowest BCUT2D eigenvalue weighted by atomic mass is 9.49. The van der Waals surface area contributed by atoms with Gasteiger partial charge in [0, 0.05) is 22.7 Å². The average Bonchev–Trinajstić information content (AvgIpc) is 3.10. The van der Waals surface area contributed by atoms with E-state index in [0.29, 0.717) is 12.3 Å². The third-order valence-electron chi connectivity index (χ3n) is 8.63. The predicted molar refractivity (Wildman–Crippen MR) is 85.0 cm³/mol. The summed E-state index contributed by atoms with van der Waals surface area (Å²) < 4.78 is 11.7. The van der Waals surface area contributed by atoms with Crippen molar-refractivity contribution in [3.63, 3.8) is 0 Å². The van der Waals surface area contributed by atoms with Crippen molar-refractivity contribution in [1.82, 2.24) is 0 Å². The Bertz CT molecular complexity index is 785. The summed E-state index contributed by atoms with van der Waals surface area (Å²) in [6.07, 6.45) is 5.99. The molecule has 5 heteroatoms. The summed E-state index contributed by atoms with van der Waals surface area (Å²) in [5.41, 5.74) is 0.137. The molecule has 3 saturated carbocycles. The largest absolute Gasteiger partial charge is 0.458 e. The minimum atomic E-state index is -0.714. The summed E-state index contributed by atoms with van der Waals surface area (Å²) in [6.45, 7) is 3.91. The van der Waals surface area contributed by atoms with Gasteiger partial charge in [0.1, 0.15) is 18.5 Å². The second kappa shape index (κ2) is 3.86. The number of hydrogen-bond donors (Lipinski definition) is 0. The number of ether oxygens (including phenoxy) is 2.